The van der Waals surface area contributed by atoms with Crippen molar-refractivity contribution in [1.29, 1.82) is 0 Å². The van der Waals surface area contributed by atoms with Crippen LogP contribution in [-0.2, 0) is 0 Å². The lowest BCUT2D eigenvalue weighted by Gasteiger charge is -2.37. The predicted molar refractivity (Wildman–Crippen MR) is 88.3 cm³/mol. The molecule has 1 aromatic carbocycles. The molecule has 2 rings (SSSR count). The molecule has 0 aromatic heterocycles. The van der Waals surface area contributed by atoms with Crippen molar-refractivity contribution in [3.05, 3.63) is 29.3 Å². The summed E-state index contributed by atoms with van der Waals surface area (Å²) in [5, 5.41) is 0. The summed E-state index contributed by atoms with van der Waals surface area (Å²) in [5.74, 6) is 1.52. The van der Waals surface area contributed by atoms with Gasteiger partial charge in [-0.05, 0) is 56.6 Å². The van der Waals surface area contributed by atoms with E-state index in [1.54, 1.807) is 0 Å². The fraction of sp³-hybridized carbons (Fsp3) is 0.667. The number of nitrogens with zero attached hydrogens (tertiary/aromatic N) is 1. The molecule has 2 nitrogen and oxygen atoms in total. The number of hydrogen-bond acceptors (Lipinski definition) is 2. The van der Waals surface area contributed by atoms with Gasteiger partial charge in [-0.15, -0.1) is 0 Å². The lowest BCUT2D eigenvalue weighted by Crippen LogP contribution is -2.42. The second-order valence-electron chi connectivity index (χ2n) is 6.68. The van der Waals surface area contributed by atoms with E-state index in [1.807, 2.05) is 0 Å². The van der Waals surface area contributed by atoms with Crippen LogP contribution in [0.3, 0.4) is 0 Å². The second kappa shape index (κ2) is 6.62. The van der Waals surface area contributed by atoms with Crippen molar-refractivity contribution >= 4 is 5.69 Å². The van der Waals surface area contributed by atoms with Crippen LogP contribution in [0.15, 0.2) is 18.2 Å². The van der Waals surface area contributed by atoms with Crippen LogP contribution in [0.5, 0.6) is 0 Å². The molecule has 2 heteroatoms. The maximum absolute atomic E-state index is 6.36. The average Bonchev–Trinajstić information content (AvgIpc) is 2.41. The number of hydrogen-bond donors (Lipinski definition) is 1. The van der Waals surface area contributed by atoms with Crippen molar-refractivity contribution in [2.75, 3.05) is 18.5 Å². The molecular formula is C18H30N2. The van der Waals surface area contributed by atoms with Crippen LogP contribution in [0.4, 0.5) is 5.69 Å². The largest absolute Gasteiger partial charge is 0.374 e. The van der Waals surface area contributed by atoms with Crippen molar-refractivity contribution in [1.82, 2.24) is 0 Å². The summed E-state index contributed by atoms with van der Waals surface area (Å²) in [7, 11) is 2.21. The molecule has 0 radical (unpaired) electrons. The summed E-state index contributed by atoms with van der Waals surface area (Å²) in [6.45, 7) is 7.75. The molecule has 0 bridgehead atoms. The molecule has 3 atom stereocenters. The van der Waals surface area contributed by atoms with Gasteiger partial charge in [0, 0.05) is 25.3 Å². The third-order valence-corrected chi connectivity index (χ3v) is 5.00. The molecule has 3 unspecified atom stereocenters. The van der Waals surface area contributed by atoms with Crippen molar-refractivity contribution in [3.63, 3.8) is 0 Å². The first-order valence-electron chi connectivity index (χ1n) is 8.05. The van der Waals surface area contributed by atoms with Crippen molar-refractivity contribution in [3.8, 4) is 0 Å². The minimum atomic E-state index is 0.381. The van der Waals surface area contributed by atoms with Crippen LogP contribution < -0.4 is 10.6 Å². The maximum atomic E-state index is 6.36. The highest BCUT2D eigenvalue weighted by Crippen LogP contribution is 2.32. The van der Waals surface area contributed by atoms with Gasteiger partial charge in [0.1, 0.15) is 0 Å². The fourth-order valence-corrected chi connectivity index (χ4v) is 3.65. The summed E-state index contributed by atoms with van der Waals surface area (Å²) < 4.78 is 0. The first-order valence-corrected chi connectivity index (χ1v) is 8.05. The highest BCUT2D eigenvalue weighted by atomic mass is 15.1. The van der Waals surface area contributed by atoms with Gasteiger partial charge in [0.25, 0.3) is 0 Å². The third-order valence-electron chi connectivity index (χ3n) is 5.00. The van der Waals surface area contributed by atoms with Gasteiger partial charge in [-0.3, -0.25) is 0 Å². The Balaban J connectivity index is 2.04. The minimum absolute atomic E-state index is 0.381. The predicted octanol–water partition coefficient (Wildman–Crippen LogP) is 3.89. The van der Waals surface area contributed by atoms with E-state index in [0.717, 1.165) is 12.5 Å². The van der Waals surface area contributed by atoms with E-state index >= 15 is 0 Å². The first-order chi connectivity index (χ1) is 9.51. The van der Waals surface area contributed by atoms with Crippen LogP contribution in [0.25, 0.3) is 0 Å². The lowest BCUT2D eigenvalue weighted by atomic mass is 9.77. The standard InChI is InChI=1S/C18H30N2/c1-5-15-7-8-17(19)16(11-15)12-20(4)18-9-6-13(2)10-14(18)3/h6,9-10,15-17H,5,7-8,11-12,19H2,1-4H3. The zero-order chi connectivity index (χ0) is 14.7. The van der Waals surface area contributed by atoms with Crippen molar-refractivity contribution < 1.29 is 0 Å². The molecule has 1 saturated carbocycles. The van der Waals surface area contributed by atoms with E-state index in [1.165, 1.54) is 42.5 Å². The van der Waals surface area contributed by atoms with Crippen LogP contribution in [0.1, 0.15) is 43.7 Å². The summed E-state index contributed by atoms with van der Waals surface area (Å²) >= 11 is 0. The van der Waals surface area contributed by atoms with Gasteiger partial charge in [0.05, 0.1) is 0 Å². The molecule has 0 heterocycles. The average molecular weight is 274 g/mol. The number of anilines is 1. The van der Waals surface area contributed by atoms with Crippen LogP contribution in [-0.4, -0.2) is 19.6 Å². The molecule has 1 aromatic rings. The van der Waals surface area contributed by atoms with E-state index in [0.29, 0.717) is 12.0 Å². The molecule has 1 fully saturated rings. The van der Waals surface area contributed by atoms with Crippen LogP contribution in [0, 0.1) is 25.7 Å². The van der Waals surface area contributed by atoms with Gasteiger partial charge in [0.15, 0.2) is 0 Å². The molecule has 0 amide bonds. The molecule has 0 saturated heterocycles. The van der Waals surface area contributed by atoms with Gasteiger partial charge >= 0.3 is 0 Å². The second-order valence-corrected chi connectivity index (χ2v) is 6.68. The summed E-state index contributed by atoms with van der Waals surface area (Å²) in [4.78, 5) is 2.40. The molecule has 112 valence electrons. The number of aryl methyl sites for hydroxylation is 2. The molecule has 2 N–H and O–H groups in total. The monoisotopic (exact) mass is 274 g/mol. The van der Waals surface area contributed by atoms with Crippen molar-refractivity contribution in [2.24, 2.45) is 17.6 Å². The van der Waals surface area contributed by atoms with E-state index in [9.17, 15) is 0 Å². The fourth-order valence-electron chi connectivity index (χ4n) is 3.65. The van der Waals surface area contributed by atoms with E-state index in [4.69, 9.17) is 5.73 Å². The number of rotatable bonds is 4. The van der Waals surface area contributed by atoms with Crippen LogP contribution >= 0.6 is 0 Å². The normalized spacial score (nSPS) is 26.6. The van der Waals surface area contributed by atoms with Gasteiger partial charge in [0.2, 0.25) is 0 Å². The third kappa shape index (κ3) is 3.54. The quantitative estimate of drug-likeness (QED) is 0.902. The zero-order valence-electron chi connectivity index (χ0n) is 13.5. The van der Waals surface area contributed by atoms with E-state index in [2.05, 4.69) is 50.9 Å². The molecule has 0 aliphatic heterocycles. The maximum Gasteiger partial charge on any atom is 0.0393 e. The topological polar surface area (TPSA) is 29.3 Å². The molecular weight excluding hydrogens is 244 g/mol. The van der Waals surface area contributed by atoms with Gasteiger partial charge in [-0.25, -0.2) is 0 Å². The summed E-state index contributed by atoms with van der Waals surface area (Å²) in [6, 6.07) is 7.10. The Morgan fingerprint density at radius 3 is 2.65 bits per heavy atom. The molecule has 20 heavy (non-hydrogen) atoms. The first kappa shape index (κ1) is 15.4. The Morgan fingerprint density at radius 1 is 1.25 bits per heavy atom. The number of nitrogens with two attached hydrogens (primary N) is 1. The van der Waals surface area contributed by atoms with Crippen LogP contribution in [0.2, 0.25) is 0 Å². The number of benzene rings is 1. The Morgan fingerprint density at radius 2 is 2.00 bits per heavy atom. The lowest BCUT2D eigenvalue weighted by molar-refractivity contribution is 0.232. The zero-order valence-corrected chi connectivity index (χ0v) is 13.5. The molecule has 1 aliphatic carbocycles. The molecule has 1 aliphatic rings. The highest BCUT2D eigenvalue weighted by molar-refractivity contribution is 5.53. The Bertz CT molecular complexity index is 441. The minimum Gasteiger partial charge on any atom is -0.374 e. The van der Waals surface area contributed by atoms with Gasteiger partial charge < -0.3 is 10.6 Å². The van der Waals surface area contributed by atoms with Crippen molar-refractivity contribution in [2.45, 2.75) is 52.5 Å². The SMILES string of the molecule is CCC1CCC(N)C(CN(C)c2ccc(C)cc2C)C1. The summed E-state index contributed by atoms with van der Waals surface area (Å²) in [6.07, 6.45) is 5.12. The smallest absolute Gasteiger partial charge is 0.0393 e. The summed E-state index contributed by atoms with van der Waals surface area (Å²) in [5.41, 5.74) is 10.4. The molecule has 0 spiro atoms. The Hall–Kier alpha value is -1.02. The van der Waals surface area contributed by atoms with E-state index < -0.39 is 0 Å². The Kier molecular flexibility index (Phi) is 5.09. The van der Waals surface area contributed by atoms with E-state index in [-0.39, 0.29) is 0 Å². The van der Waals surface area contributed by atoms with Gasteiger partial charge in [-0.2, -0.15) is 0 Å². The van der Waals surface area contributed by atoms with Gasteiger partial charge in [-0.1, -0.05) is 31.0 Å². The Labute approximate surface area is 124 Å². The highest BCUT2D eigenvalue weighted by Gasteiger charge is 2.28.